The molecule has 1 aromatic carbocycles. The fraction of sp³-hybridized carbons (Fsp3) is 0.500. The summed E-state index contributed by atoms with van der Waals surface area (Å²) in [5.74, 6) is 0.0515. The highest BCUT2D eigenvalue weighted by atomic mass is 16.5. The number of fused-ring (bicyclic) bond motifs is 1. The lowest BCUT2D eigenvalue weighted by Gasteiger charge is -2.28. The lowest BCUT2D eigenvalue weighted by molar-refractivity contribution is -0.120. The molecule has 1 saturated heterocycles. The molecule has 1 amide bonds. The highest BCUT2D eigenvalue weighted by Crippen LogP contribution is 2.21. The Labute approximate surface area is 136 Å². The SMILES string of the molecule is COCC1(CNC(=O)Cc2c[nH]c3cc(C)ccc23)CCCN1. The fourth-order valence-corrected chi connectivity index (χ4v) is 3.42. The molecule has 1 unspecified atom stereocenters. The summed E-state index contributed by atoms with van der Waals surface area (Å²) in [6, 6.07) is 6.26. The van der Waals surface area contributed by atoms with Crippen LogP contribution in [0.1, 0.15) is 24.0 Å². The molecule has 0 bridgehead atoms. The second-order valence-electron chi connectivity index (χ2n) is 6.56. The van der Waals surface area contributed by atoms with Crippen molar-refractivity contribution < 1.29 is 9.53 Å². The van der Waals surface area contributed by atoms with Crippen LogP contribution in [0.15, 0.2) is 24.4 Å². The summed E-state index contributed by atoms with van der Waals surface area (Å²) in [7, 11) is 1.71. The number of rotatable bonds is 6. The van der Waals surface area contributed by atoms with Crippen molar-refractivity contribution in [3.05, 3.63) is 35.5 Å². The van der Waals surface area contributed by atoms with E-state index in [1.165, 1.54) is 5.56 Å². The first-order valence-electron chi connectivity index (χ1n) is 8.19. The smallest absolute Gasteiger partial charge is 0.224 e. The number of aromatic amines is 1. The van der Waals surface area contributed by atoms with Crippen LogP contribution in [0.3, 0.4) is 0 Å². The maximum absolute atomic E-state index is 12.3. The number of amides is 1. The van der Waals surface area contributed by atoms with Crippen molar-refractivity contribution in [2.75, 3.05) is 26.8 Å². The Morgan fingerprint density at radius 2 is 2.30 bits per heavy atom. The van der Waals surface area contributed by atoms with Crippen molar-refractivity contribution >= 4 is 16.8 Å². The summed E-state index contributed by atoms with van der Waals surface area (Å²) in [6.45, 7) is 4.29. The molecule has 0 aliphatic carbocycles. The molecule has 0 saturated carbocycles. The Morgan fingerprint density at radius 1 is 1.43 bits per heavy atom. The van der Waals surface area contributed by atoms with E-state index in [4.69, 9.17) is 4.74 Å². The van der Waals surface area contributed by atoms with E-state index in [0.717, 1.165) is 35.9 Å². The van der Waals surface area contributed by atoms with Crippen molar-refractivity contribution in [1.82, 2.24) is 15.6 Å². The average molecular weight is 315 g/mol. The molecule has 3 N–H and O–H groups in total. The highest BCUT2D eigenvalue weighted by molar-refractivity contribution is 5.89. The molecular weight excluding hydrogens is 290 g/mol. The number of hydrogen-bond acceptors (Lipinski definition) is 3. The third-order valence-corrected chi connectivity index (χ3v) is 4.65. The maximum Gasteiger partial charge on any atom is 0.224 e. The van der Waals surface area contributed by atoms with Gasteiger partial charge in [0.15, 0.2) is 0 Å². The number of benzene rings is 1. The summed E-state index contributed by atoms with van der Waals surface area (Å²) in [5, 5.41) is 7.67. The molecule has 0 spiro atoms. The Balaban J connectivity index is 1.62. The third kappa shape index (κ3) is 3.57. The van der Waals surface area contributed by atoms with Gasteiger partial charge in [0.1, 0.15) is 0 Å². The number of nitrogens with one attached hydrogen (secondary N) is 3. The number of methoxy groups -OCH3 is 1. The van der Waals surface area contributed by atoms with Gasteiger partial charge in [0.05, 0.1) is 18.6 Å². The van der Waals surface area contributed by atoms with Crippen molar-refractivity contribution in [2.24, 2.45) is 0 Å². The first-order chi connectivity index (χ1) is 11.1. The largest absolute Gasteiger partial charge is 0.383 e. The van der Waals surface area contributed by atoms with Crippen molar-refractivity contribution in [3.8, 4) is 0 Å². The van der Waals surface area contributed by atoms with E-state index in [-0.39, 0.29) is 11.4 Å². The Morgan fingerprint density at radius 3 is 3.04 bits per heavy atom. The molecule has 124 valence electrons. The summed E-state index contributed by atoms with van der Waals surface area (Å²) < 4.78 is 5.32. The van der Waals surface area contributed by atoms with Gasteiger partial charge in [-0.25, -0.2) is 0 Å². The van der Waals surface area contributed by atoms with E-state index in [1.54, 1.807) is 7.11 Å². The summed E-state index contributed by atoms with van der Waals surface area (Å²) in [5.41, 5.74) is 3.23. The number of carbonyl (C=O) groups is 1. The van der Waals surface area contributed by atoms with E-state index in [2.05, 4.69) is 40.7 Å². The summed E-state index contributed by atoms with van der Waals surface area (Å²) in [6.07, 6.45) is 4.49. The van der Waals surface area contributed by atoms with Crippen LogP contribution in [-0.2, 0) is 16.0 Å². The van der Waals surface area contributed by atoms with Crippen LogP contribution >= 0.6 is 0 Å². The zero-order valence-electron chi connectivity index (χ0n) is 13.9. The van der Waals surface area contributed by atoms with E-state index in [0.29, 0.717) is 19.6 Å². The summed E-state index contributed by atoms with van der Waals surface area (Å²) in [4.78, 5) is 15.6. The zero-order chi connectivity index (χ0) is 16.3. The molecule has 1 aliphatic heterocycles. The topological polar surface area (TPSA) is 66.1 Å². The number of aromatic nitrogens is 1. The Hall–Kier alpha value is -1.85. The number of hydrogen-bond donors (Lipinski definition) is 3. The van der Waals surface area contributed by atoms with Crippen LogP contribution in [-0.4, -0.2) is 43.2 Å². The predicted molar refractivity (Wildman–Crippen MR) is 91.6 cm³/mol. The number of carbonyl (C=O) groups excluding carboxylic acids is 1. The van der Waals surface area contributed by atoms with Crippen LogP contribution in [0.25, 0.3) is 10.9 Å². The second kappa shape index (κ2) is 6.72. The third-order valence-electron chi connectivity index (χ3n) is 4.65. The number of H-pyrrole nitrogens is 1. The van der Waals surface area contributed by atoms with Gasteiger partial charge < -0.3 is 20.4 Å². The fourth-order valence-electron chi connectivity index (χ4n) is 3.42. The quantitative estimate of drug-likeness (QED) is 0.763. The zero-order valence-corrected chi connectivity index (χ0v) is 13.9. The predicted octanol–water partition coefficient (Wildman–Crippen LogP) is 1.90. The van der Waals surface area contributed by atoms with Gasteiger partial charge in [0, 0.05) is 30.8 Å². The molecule has 1 atom stereocenters. The molecule has 2 aromatic rings. The summed E-state index contributed by atoms with van der Waals surface area (Å²) >= 11 is 0. The molecule has 23 heavy (non-hydrogen) atoms. The van der Waals surface area contributed by atoms with E-state index < -0.39 is 0 Å². The van der Waals surface area contributed by atoms with Gasteiger partial charge in [0.2, 0.25) is 5.91 Å². The average Bonchev–Trinajstić information content (AvgIpc) is 3.14. The maximum atomic E-state index is 12.3. The normalized spacial score (nSPS) is 21.0. The molecule has 3 rings (SSSR count). The minimum atomic E-state index is -0.109. The standard InChI is InChI=1S/C18H25N3O2/c1-13-4-5-15-14(10-19-16(15)8-13)9-17(22)20-11-18(12-23-2)6-3-7-21-18/h4-5,8,10,19,21H,3,6-7,9,11-12H2,1-2H3,(H,20,22). The van der Waals surface area contributed by atoms with Crippen molar-refractivity contribution in [2.45, 2.75) is 31.7 Å². The lowest BCUT2D eigenvalue weighted by atomic mass is 9.98. The second-order valence-corrected chi connectivity index (χ2v) is 6.56. The lowest BCUT2D eigenvalue weighted by Crippen LogP contribution is -2.53. The van der Waals surface area contributed by atoms with E-state index in [9.17, 15) is 4.79 Å². The molecule has 1 fully saturated rings. The molecule has 5 nitrogen and oxygen atoms in total. The Kier molecular flexibility index (Phi) is 4.68. The Bertz CT molecular complexity index is 687. The van der Waals surface area contributed by atoms with Gasteiger partial charge >= 0.3 is 0 Å². The monoisotopic (exact) mass is 315 g/mol. The molecular formula is C18H25N3O2. The van der Waals surface area contributed by atoms with E-state index >= 15 is 0 Å². The van der Waals surface area contributed by atoms with Gasteiger partial charge in [-0.1, -0.05) is 12.1 Å². The van der Waals surface area contributed by atoms with Crippen LogP contribution in [0.2, 0.25) is 0 Å². The van der Waals surface area contributed by atoms with Crippen LogP contribution < -0.4 is 10.6 Å². The first-order valence-corrected chi connectivity index (χ1v) is 8.19. The molecule has 0 radical (unpaired) electrons. The molecule has 1 aromatic heterocycles. The minimum absolute atomic E-state index is 0.0515. The van der Waals surface area contributed by atoms with Gasteiger partial charge in [0.25, 0.3) is 0 Å². The number of ether oxygens (including phenoxy) is 1. The van der Waals surface area contributed by atoms with Gasteiger partial charge in [-0.3, -0.25) is 4.79 Å². The van der Waals surface area contributed by atoms with Crippen LogP contribution in [0, 0.1) is 6.92 Å². The molecule has 1 aliphatic rings. The van der Waals surface area contributed by atoms with Gasteiger partial charge in [-0.15, -0.1) is 0 Å². The minimum Gasteiger partial charge on any atom is -0.383 e. The molecule has 5 heteroatoms. The van der Waals surface area contributed by atoms with Crippen LogP contribution in [0.5, 0.6) is 0 Å². The number of aryl methyl sites for hydroxylation is 1. The van der Waals surface area contributed by atoms with E-state index in [1.807, 2.05) is 6.20 Å². The van der Waals surface area contributed by atoms with Gasteiger partial charge in [-0.05, 0) is 43.5 Å². The molecule has 2 heterocycles. The van der Waals surface area contributed by atoms with Crippen LogP contribution in [0.4, 0.5) is 0 Å². The van der Waals surface area contributed by atoms with Crippen molar-refractivity contribution in [3.63, 3.8) is 0 Å². The highest BCUT2D eigenvalue weighted by Gasteiger charge is 2.33. The van der Waals surface area contributed by atoms with Crippen molar-refractivity contribution in [1.29, 1.82) is 0 Å². The van der Waals surface area contributed by atoms with Gasteiger partial charge in [-0.2, -0.15) is 0 Å². The first kappa shape index (κ1) is 16.0.